The summed E-state index contributed by atoms with van der Waals surface area (Å²) in [5, 5.41) is 3.04. The van der Waals surface area contributed by atoms with E-state index in [4.69, 9.17) is 14.2 Å². The van der Waals surface area contributed by atoms with E-state index in [0.717, 1.165) is 22.6 Å². The maximum absolute atomic E-state index is 12.1. The number of aryl methyl sites for hydroxylation is 2. The number of carbonyl (C=O) groups is 3. The quantitative estimate of drug-likeness (QED) is 0.592. The molecule has 0 aliphatic carbocycles. The molecule has 0 unspecified atom stereocenters. The van der Waals surface area contributed by atoms with E-state index < -0.39 is 24.5 Å². The SMILES string of the molecule is CCOC(=O)c1cc(CC)sc1NC(=O)COC(=O)CCc1ccc(OC)cc1. The molecule has 156 valence electrons. The van der Waals surface area contributed by atoms with E-state index in [0.29, 0.717) is 17.0 Å². The van der Waals surface area contributed by atoms with Crippen LogP contribution in [0.15, 0.2) is 30.3 Å². The molecule has 0 spiro atoms. The van der Waals surface area contributed by atoms with Crippen molar-refractivity contribution in [1.29, 1.82) is 0 Å². The molecule has 0 fully saturated rings. The van der Waals surface area contributed by atoms with Crippen LogP contribution in [-0.4, -0.2) is 38.2 Å². The minimum atomic E-state index is -0.502. The Hall–Kier alpha value is -2.87. The molecule has 1 amide bonds. The summed E-state index contributed by atoms with van der Waals surface area (Å²) in [7, 11) is 1.59. The number of anilines is 1. The third-order valence-corrected chi connectivity index (χ3v) is 5.22. The lowest BCUT2D eigenvalue weighted by Gasteiger charge is -2.07. The van der Waals surface area contributed by atoms with Crippen molar-refractivity contribution in [3.8, 4) is 5.75 Å². The standard InChI is InChI=1S/C21H25NO6S/c1-4-16-12-17(21(25)27-5-2)20(29-16)22-18(23)13-28-19(24)11-8-14-6-9-15(26-3)10-7-14/h6-7,9-10,12H,4-5,8,11,13H2,1-3H3,(H,22,23). The largest absolute Gasteiger partial charge is 0.497 e. The first-order chi connectivity index (χ1) is 14.0. The molecule has 0 saturated carbocycles. The molecule has 0 saturated heterocycles. The normalized spacial score (nSPS) is 10.3. The van der Waals surface area contributed by atoms with Gasteiger partial charge >= 0.3 is 11.9 Å². The van der Waals surface area contributed by atoms with Crippen molar-refractivity contribution >= 4 is 34.2 Å². The number of hydrogen-bond acceptors (Lipinski definition) is 7. The highest BCUT2D eigenvalue weighted by atomic mass is 32.1. The maximum Gasteiger partial charge on any atom is 0.341 e. The van der Waals surface area contributed by atoms with Crippen LogP contribution in [-0.2, 0) is 31.9 Å². The van der Waals surface area contributed by atoms with Crippen LogP contribution in [0.3, 0.4) is 0 Å². The summed E-state index contributed by atoms with van der Waals surface area (Å²) in [6, 6.07) is 9.09. The highest BCUT2D eigenvalue weighted by molar-refractivity contribution is 7.16. The zero-order valence-electron chi connectivity index (χ0n) is 16.8. The van der Waals surface area contributed by atoms with E-state index >= 15 is 0 Å². The van der Waals surface area contributed by atoms with Gasteiger partial charge in [-0.3, -0.25) is 9.59 Å². The van der Waals surface area contributed by atoms with Gasteiger partial charge in [-0.15, -0.1) is 11.3 Å². The van der Waals surface area contributed by atoms with E-state index in [-0.39, 0.29) is 13.0 Å². The molecule has 1 aromatic carbocycles. The highest BCUT2D eigenvalue weighted by Gasteiger charge is 2.19. The molecule has 1 aromatic heterocycles. The second kappa shape index (κ2) is 11.2. The lowest BCUT2D eigenvalue weighted by atomic mass is 10.1. The van der Waals surface area contributed by atoms with Gasteiger partial charge in [-0.25, -0.2) is 4.79 Å². The molecule has 0 aliphatic rings. The van der Waals surface area contributed by atoms with Crippen molar-refractivity contribution in [2.45, 2.75) is 33.1 Å². The number of thiophene rings is 1. The predicted octanol–water partition coefficient (Wildman–Crippen LogP) is 3.61. The van der Waals surface area contributed by atoms with Gasteiger partial charge in [0.2, 0.25) is 0 Å². The van der Waals surface area contributed by atoms with Gasteiger partial charge in [-0.1, -0.05) is 19.1 Å². The molecule has 1 heterocycles. The zero-order chi connectivity index (χ0) is 21.2. The first-order valence-electron chi connectivity index (χ1n) is 9.35. The van der Waals surface area contributed by atoms with E-state index in [1.165, 1.54) is 11.3 Å². The molecule has 29 heavy (non-hydrogen) atoms. The Balaban J connectivity index is 1.83. The van der Waals surface area contributed by atoms with Gasteiger partial charge in [0.1, 0.15) is 10.8 Å². The van der Waals surface area contributed by atoms with Gasteiger partial charge in [0.25, 0.3) is 5.91 Å². The van der Waals surface area contributed by atoms with Crippen molar-refractivity contribution in [3.05, 3.63) is 46.3 Å². The van der Waals surface area contributed by atoms with Gasteiger partial charge in [-0.2, -0.15) is 0 Å². The van der Waals surface area contributed by atoms with Gasteiger partial charge < -0.3 is 19.5 Å². The fraction of sp³-hybridized carbons (Fsp3) is 0.381. The number of nitrogens with one attached hydrogen (secondary N) is 1. The average Bonchev–Trinajstić information content (AvgIpc) is 3.14. The van der Waals surface area contributed by atoms with E-state index in [9.17, 15) is 14.4 Å². The fourth-order valence-electron chi connectivity index (χ4n) is 2.49. The summed E-state index contributed by atoms with van der Waals surface area (Å²) in [6.07, 6.45) is 1.39. The molecule has 0 bridgehead atoms. The van der Waals surface area contributed by atoms with Crippen LogP contribution in [0, 0.1) is 0 Å². The Labute approximate surface area is 174 Å². The van der Waals surface area contributed by atoms with Gasteiger partial charge in [0.15, 0.2) is 6.61 Å². The molecule has 1 N–H and O–H groups in total. The van der Waals surface area contributed by atoms with Crippen LogP contribution in [0.4, 0.5) is 5.00 Å². The summed E-state index contributed by atoms with van der Waals surface area (Å²) in [4.78, 5) is 37.0. The van der Waals surface area contributed by atoms with Crippen LogP contribution in [0.25, 0.3) is 0 Å². The van der Waals surface area contributed by atoms with Crippen LogP contribution in [0.1, 0.15) is 41.1 Å². The third-order valence-electron chi connectivity index (χ3n) is 4.02. The van der Waals surface area contributed by atoms with Gasteiger partial charge in [0, 0.05) is 11.3 Å². The molecule has 2 aromatic rings. The smallest absolute Gasteiger partial charge is 0.341 e. The Kier molecular flexibility index (Phi) is 8.67. The third kappa shape index (κ3) is 6.90. The topological polar surface area (TPSA) is 90.9 Å². The summed E-state index contributed by atoms with van der Waals surface area (Å²) in [6.45, 7) is 3.50. The second-order valence-corrected chi connectivity index (χ2v) is 7.22. The number of ether oxygens (including phenoxy) is 3. The number of methoxy groups -OCH3 is 1. The number of rotatable bonds is 10. The van der Waals surface area contributed by atoms with Crippen molar-refractivity contribution in [2.24, 2.45) is 0 Å². The zero-order valence-corrected chi connectivity index (χ0v) is 17.6. The van der Waals surface area contributed by atoms with Gasteiger partial charge in [0.05, 0.1) is 19.3 Å². The monoisotopic (exact) mass is 419 g/mol. The molecular weight excluding hydrogens is 394 g/mol. The molecule has 2 rings (SSSR count). The Morgan fingerprint density at radius 2 is 1.79 bits per heavy atom. The van der Waals surface area contributed by atoms with Crippen molar-refractivity contribution in [1.82, 2.24) is 0 Å². The number of amides is 1. The van der Waals surface area contributed by atoms with Crippen LogP contribution in [0.5, 0.6) is 5.75 Å². The lowest BCUT2D eigenvalue weighted by Crippen LogP contribution is -2.21. The van der Waals surface area contributed by atoms with Crippen LogP contribution >= 0.6 is 11.3 Å². The fourth-order valence-corrected chi connectivity index (χ4v) is 3.49. The minimum Gasteiger partial charge on any atom is -0.497 e. The molecule has 8 heteroatoms. The number of carbonyl (C=O) groups excluding carboxylic acids is 3. The van der Waals surface area contributed by atoms with Crippen molar-refractivity contribution in [2.75, 3.05) is 25.6 Å². The first kappa shape index (κ1) is 22.4. The van der Waals surface area contributed by atoms with Crippen LogP contribution in [0.2, 0.25) is 0 Å². The van der Waals surface area contributed by atoms with E-state index in [2.05, 4.69) is 5.32 Å². The number of esters is 2. The maximum atomic E-state index is 12.1. The van der Waals surface area contributed by atoms with E-state index in [1.807, 2.05) is 31.2 Å². The number of hydrogen-bond donors (Lipinski definition) is 1. The molecule has 0 aliphatic heterocycles. The Morgan fingerprint density at radius 1 is 1.07 bits per heavy atom. The molecular formula is C21H25NO6S. The molecule has 0 atom stereocenters. The van der Waals surface area contributed by atoms with E-state index in [1.54, 1.807) is 20.1 Å². The molecule has 0 radical (unpaired) electrons. The summed E-state index contributed by atoms with van der Waals surface area (Å²) in [5.74, 6) is -0.718. The molecule has 7 nitrogen and oxygen atoms in total. The Bertz CT molecular complexity index is 843. The van der Waals surface area contributed by atoms with Crippen LogP contribution < -0.4 is 10.1 Å². The first-order valence-corrected chi connectivity index (χ1v) is 10.2. The minimum absolute atomic E-state index is 0.159. The van der Waals surface area contributed by atoms with Crippen molar-refractivity contribution < 1.29 is 28.6 Å². The second-order valence-electron chi connectivity index (χ2n) is 6.09. The van der Waals surface area contributed by atoms with Gasteiger partial charge in [-0.05, 0) is 43.5 Å². The lowest BCUT2D eigenvalue weighted by molar-refractivity contribution is -0.147. The highest BCUT2D eigenvalue weighted by Crippen LogP contribution is 2.29. The summed E-state index contributed by atoms with van der Waals surface area (Å²) >= 11 is 1.30. The summed E-state index contributed by atoms with van der Waals surface area (Å²) < 4.78 is 15.1. The summed E-state index contributed by atoms with van der Waals surface area (Å²) in [5.41, 5.74) is 1.28. The average molecular weight is 419 g/mol. The predicted molar refractivity (Wildman–Crippen MR) is 111 cm³/mol. The number of benzene rings is 1. The Morgan fingerprint density at radius 3 is 2.41 bits per heavy atom. The van der Waals surface area contributed by atoms with Crippen molar-refractivity contribution in [3.63, 3.8) is 0 Å².